The molecule has 0 unspecified atom stereocenters. The summed E-state index contributed by atoms with van der Waals surface area (Å²) in [5.74, 6) is -2.01. The third-order valence-electron chi connectivity index (χ3n) is 4.49. The van der Waals surface area contributed by atoms with Gasteiger partial charge < -0.3 is 5.11 Å². The number of imide groups is 1. The number of carboxylic acid groups (broad SMARTS) is 1. The monoisotopic (exact) mass is 249 g/mol. The van der Waals surface area contributed by atoms with Crippen LogP contribution in [0.3, 0.4) is 0 Å². The Kier molecular flexibility index (Phi) is 2.33. The van der Waals surface area contributed by atoms with Crippen LogP contribution in [0.2, 0.25) is 0 Å². The van der Waals surface area contributed by atoms with E-state index in [0.29, 0.717) is 0 Å². The second-order valence-electron chi connectivity index (χ2n) is 5.31. The Morgan fingerprint density at radius 2 is 1.83 bits per heavy atom. The van der Waals surface area contributed by atoms with E-state index >= 15 is 0 Å². The molecule has 1 N–H and O–H groups in total. The van der Waals surface area contributed by atoms with E-state index in [2.05, 4.69) is 0 Å². The van der Waals surface area contributed by atoms with Crippen molar-refractivity contribution in [3.63, 3.8) is 0 Å². The highest BCUT2D eigenvalue weighted by atomic mass is 16.4. The lowest BCUT2D eigenvalue weighted by atomic mass is 9.85. The summed E-state index contributed by atoms with van der Waals surface area (Å²) in [6.45, 7) is 1.68. The van der Waals surface area contributed by atoms with Crippen molar-refractivity contribution in [3.05, 3.63) is 12.2 Å². The molecule has 2 amide bonds. The zero-order chi connectivity index (χ0) is 13.0. The summed E-state index contributed by atoms with van der Waals surface area (Å²) in [7, 11) is 0. The zero-order valence-corrected chi connectivity index (χ0v) is 10.1. The average Bonchev–Trinajstić information content (AvgIpc) is 2.98. The molecular weight excluding hydrogens is 234 g/mol. The summed E-state index contributed by atoms with van der Waals surface area (Å²) in [6.07, 6.45) is 5.13. The second kappa shape index (κ2) is 3.67. The molecule has 3 rings (SSSR count). The number of amides is 2. The van der Waals surface area contributed by atoms with E-state index in [1.807, 2.05) is 12.2 Å². The van der Waals surface area contributed by atoms with Crippen LogP contribution >= 0.6 is 0 Å². The zero-order valence-electron chi connectivity index (χ0n) is 10.1. The number of rotatable bonds is 3. The minimum Gasteiger partial charge on any atom is -0.480 e. The molecule has 1 saturated heterocycles. The maximum absolute atomic E-state index is 12.3. The SMILES string of the molecule is CC[C@@H](C(=O)O)N1C(=O)[C@@H]2[C@@H](C1=O)[C@H]1C=C[C@H]2C1. The molecule has 0 aromatic heterocycles. The first-order chi connectivity index (χ1) is 8.56. The van der Waals surface area contributed by atoms with Crippen molar-refractivity contribution < 1.29 is 19.5 Å². The van der Waals surface area contributed by atoms with Gasteiger partial charge in [-0.3, -0.25) is 14.5 Å². The quantitative estimate of drug-likeness (QED) is 0.589. The van der Waals surface area contributed by atoms with Gasteiger partial charge in [0.1, 0.15) is 6.04 Å². The van der Waals surface area contributed by atoms with Crippen LogP contribution in [0, 0.1) is 23.7 Å². The van der Waals surface area contributed by atoms with Gasteiger partial charge in [0.15, 0.2) is 0 Å². The highest BCUT2D eigenvalue weighted by molar-refractivity contribution is 6.08. The molecule has 18 heavy (non-hydrogen) atoms. The fourth-order valence-corrected chi connectivity index (χ4v) is 3.70. The van der Waals surface area contributed by atoms with E-state index in [-0.39, 0.29) is 41.9 Å². The Morgan fingerprint density at radius 3 is 2.22 bits per heavy atom. The third-order valence-corrected chi connectivity index (χ3v) is 4.49. The maximum Gasteiger partial charge on any atom is 0.326 e. The molecule has 5 atom stereocenters. The number of nitrogens with zero attached hydrogens (tertiary/aromatic N) is 1. The predicted octanol–water partition coefficient (Wildman–Crippen LogP) is 0.657. The van der Waals surface area contributed by atoms with Crippen molar-refractivity contribution in [2.24, 2.45) is 23.7 Å². The summed E-state index contributed by atoms with van der Waals surface area (Å²) in [5.41, 5.74) is 0. The maximum atomic E-state index is 12.3. The Bertz CT molecular complexity index is 440. The van der Waals surface area contributed by atoms with Gasteiger partial charge in [-0.25, -0.2) is 4.79 Å². The summed E-state index contributed by atoms with van der Waals surface area (Å²) >= 11 is 0. The standard InChI is InChI=1S/C13H15NO4/c1-2-8(13(17)18)14-11(15)9-6-3-4-7(5-6)10(9)12(14)16/h3-4,6-10H,2,5H2,1H3,(H,17,18)/t6-,7-,8-,9-,10-/m0/s1. The molecule has 96 valence electrons. The largest absolute Gasteiger partial charge is 0.480 e. The number of carbonyl (C=O) groups excluding carboxylic acids is 2. The van der Waals surface area contributed by atoms with Gasteiger partial charge >= 0.3 is 5.97 Å². The Labute approximate surface area is 104 Å². The molecule has 1 aliphatic heterocycles. The molecule has 0 aromatic carbocycles. The molecule has 1 heterocycles. The van der Waals surface area contributed by atoms with Crippen molar-refractivity contribution in [1.82, 2.24) is 4.90 Å². The summed E-state index contributed by atoms with van der Waals surface area (Å²) in [4.78, 5) is 36.7. The van der Waals surface area contributed by atoms with E-state index < -0.39 is 12.0 Å². The minimum absolute atomic E-state index is 0.132. The number of hydrogen-bond donors (Lipinski definition) is 1. The van der Waals surface area contributed by atoms with Crippen molar-refractivity contribution in [2.45, 2.75) is 25.8 Å². The van der Waals surface area contributed by atoms with Crippen LogP contribution in [0.15, 0.2) is 12.2 Å². The predicted molar refractivity (Wildman–Crippen MR) is 61.3 cm³/mol. The van der Waals surface area contributed by atoms with Crippen LogP contribution in [-0.4, -0.2) is 33.8 Å². The molecule has 5 nitrogen and oxygen atoms in total. The van der Waals surface area contributed by atoms with E-state index in [1.165, 1.54) is 0 Å². The number of fused-ring (bicyclic) bond motifs is 5. The highest BCUT2D eigenvalue weighted by Gasteiger charge is 2.60. The van der Waals surface area contributed by atoms with Gasteiger partial charge in [0, 0.05) is 0 Å². The smallest absolute Gasteiger partial charge is 0.326 e. The summed E-state index contributed by atoms with van der Waals surface area (Å²) in [6, 6.07) is -1.00. The van der Waals surface area contributed by atoms with Crippen LogP contribution in [0.1, 0.15) is 19.8 Å². The van der Waals surface area contributed by atoms with E-state index in [0.717, 1.165) is 11.3 Å². The molecular formula is C13H15NO4. The van der Waals surface area contributed by atoms with Crippen LogP contribution in [-0.2, 0) is 14.4 Å². The Hall–Kier alpha value is -1.65. The fraction of sp³-hybridized carbons (Fsp3) is 0.615. The first-order valence-electron chi connectivity index (χ1n) is 6.34. The van der Waals surface area contributed by atoms with Crippen LogP contribution in [0.4, 0.5) is 0 Å². The van der Waals surface area contributed by atoms with Gasteiger partial charge in [-0.15, -0.1) is 0 Å². The first-order valence-corrected chi connectivity index (χ1v) is 6.34. The Balaban J connectivity index is 1.94. The van der Waals surface area contributed by atoms with Gasteiger partial charge in [-0.1, -0.05) is 19.1 Å². The highest BCUT2D eigenvalue weighted by Crippen LogP contribution is 2.52. The minimum atomic E-state index is -1.10. The van der Waals surface area contributed by atoms with Crippen molar-refractivity contribution in [3.8, 4) is 0 Å². The molecule has 1 saturated carbocycles. The molecule has 2 aliphatic carbocycles. The van der Waals surface area contributed by atoms with Gasteiger partial charge in [0.05, 0.1) is 11.8 Å². The molecule has 5 heteroatoms. The molecule has 2 bridgehead atoms. The number of aliphatic carboxylic acids is 1. The second-order valence-corrected chi connectivity index (χ2v) is 5.31. The first kappa shape index (κ1) is 11.4. The van der Waals surface area contributed by atoms with Gasteiger partial charge in [-0.05, 0) is 24.7 Å². The number of hydrogen-bond acceptors (Lipinski definition) is 3. The normalized spacial score (nSPS) is 38.4. The molecule has 0 spiro atoms. The topological polar surface area (TPSA) is 74.7 Å². The van der Waals surface area contributed by atoms with Crippen LogP contribution in [0.25, 0.3) is 0 Å². The van der Waals surface area contributed by atoms with Crippen molar-refractivity contribution >= 4 is 17.8 Å². The molecule has 0 aromatic rings. The van der Waals surface area contributed by atoms with Crippen LogP contribution < -0.4 is 0 Å². The van der Waals surface area contributed by atoms with Gasteiger partial charge in [0.25, 0.3) is 0 Å². The summed E-state index contributed by atoms with van der Waals surface area (Å²) in [5, 5.41) is 9.12. The molecule has 0 radical (unpaired) electrons. The number of carboxylic acids is 1. The van der Waals surface area contributed by atoms with Crippen LogP contribution in [0.5, 0.6) is 0 Å². The van der Waals surface area contributed by atoms with Crippen molar-refractivity contribution in [2.75, 3.05) is 0 Å². The van der Waals surface area contributed by atoms with E-state index in [1.54, 1.807) is 6.92 Å². The lowest BCUT2D eigenvalue weighted by Crippen LogP contribution is -2.45. The number of allylic oxidation sites excluding steroid dienone is 2. The van der Waals surface area contributed by atoms with Gasteiger partial charge in [0.2, 0.25) is 11.8 Å². The molecule has 3 aliphatic rings. The molecule has 2 fully saturated rings. The lowest BCUT2D eigenvalue weighted by Gasteiger charge is -2.23. The van der Waals surface area contributed by atoms with Crippen molar-refractivity contribution in [1.29, 1.82) is 0 Å². The Morgan fingerprint density at radius 1 is 1.33 bits per heavy atom. The van der Waals surface area contributed by atoms with E-state index in [4.69, 9.17) is 5.11 Å². The third kappa shape index (κ3) is 1.24. The summed E-state index contributed by atoms with van der Waals surface area (Å²) < 4.78 is 0. The average molecular weight is 249 g/mol. The fourth-order valence-electron chi connectivity index (χ4n) is 3.70. The lowest BCUT2D eigenvalue weighted by molar-refractivity contribution is -0.155. The number of likely N-dealkylation sites (tertiary alicyclic amines) is 1. The number of carbonyl (C=O) groups is 3. The van der Waals surface area contributed by atoms with E-state index in [9.17, 15) is 14.4 Å². The van der Waals surface area contributed by atoms with Gasteiger partial charge in [-0.2, -0.15) is 0 Å².